The van der Waals surface area contributed by atoms with Crippen LogP contribution in [0.5, 0.6) is 5.88 Å². The zero-order valence-corrected chi connectivity index (χ0v) is 8.39. The Hall–Kier alpha value is -1.10. The van der Waals surface area contributed by atoms with E-state index in [0.29, 0.717) is 12.5 Å². The summed E-state index contributed by atoms with van der Waals surface area (Å²) in [6, 6.07) is 0. The standard InChI is InChI=1S/C8H11NO3S/c1-6-9-8(5-13-6)12-4-3-11-7(2)10/h5H,3-4H2,1-2H3. The molecule has 0 unspecified atom stereocenters. The van der Waals surface area contributed by atoms with Gasteiger partial charge in [-0.05, 0) is 6.92 Å². The van der Waals surface area contributed by atoms with Gasteiger partial charge in [-0.2, -0.15) is 0 Å². The zero-order valence-electron chi connectivity index (χ0n) is 7.57. The molecular formula is C8H11NO3S. The van der Waals surface area contributed by atoms with E-state index in [9.17, 15) is 4.79 Å². The molecule has 0 radical (unpaired) electrons. The van der Waals surface area contributed by atoms with Crippen LogP contribution in [-0.4, -0.2) is 24.2 Å². The van der Waals surface area contributed by atoms with Gasteiger partial charge in [-0.3, -0.25) is 4.79 Å². The van der Waals surface area contributed by atoms with Crippen LogP contribution < -0.4 is 4.74 Å². The summed E-state index contributed by atoms with van der Waals surface area (Å²) in [7, 11) is 0. The number of ether oxygens (including phenoxy) is 2. The van der Waals surface area contributed by atoms with Crippen molar-refractivity contribution in [2.24, 2.45) is 0 Å². The number of thiazole rings is 1. The Kier molecular flexibility index (Phi) is 3.70. The van der Waals surface area contributed by atoms with E-state index in [-0.39, 0.29) is 12.6 Å². The summed E-state index contributed by atoms with van der Waals surface area (Å²) in [6.45, 7) is 3.89. The Balaban J connectivity index is 2.16. The molecule has 1 rings (SSSR count). The quantitative estimate of drug-likeness (QED) is 0.545. The summed E-state index contributed by atoms with van der Waals surface area (Å²) in [6.07, 6.45) is 0. The number of nitrogens with zero attached hydrogens (tertiary/aromatic N) is 1. The Morgan fingerprint density at radius 1 is 1.62 bits per heavy atom. The average Bonchev–Trinajstić information content (AvgIpc) is 2.45. The van der Waals surface area contributed by atoms with Crippen molar-refractivity contribution in [3.05, 3.63) is 10.4 Å². The molecule has 0 bridgehead atoms. The van der Waals surface area contributed by atoms with E-state index in [1.54, 1.807) is 0 Å². The van der Waals surface area contributed by atoms with Gasteiger partial charge in [0.1, 0.15) is 13.2 Å². The Labute approximate surface area is 80.5 Å². The van der Waals surface area contributed by atoms with Crippen molar-refractivity contribution in [3.63, 3.8) is 0 Å². The first-order valence-electron chi connectivity index (χ1n) is 3.87. The van der Waals surface area contributed by atoms with Gasteiger partial charge in [-0.15, -0.1) is 11.3 Å². The molecule has 5 heteroatoms. The van der Waals surface area contributed by atoms with Crippen molar-refractivity contribution < 1.29 is 14.3 Å². The summed E-state index contributed by atoms with van der Waals surface area (Å²) >= 11 is 1.52. The third-order valence-corrected chi connectivity index (χ3v) is 1.99. The fraction of sp³-hybridized carbons (Fsp3) is 0.500. The minimum Gasteiger partial charge on any atom is -0.473 e. The summed E-state index contributed by atoms with van der Waals surface area (Å²) in [4.78, 5) is 14.5. The molecule has 1 aromatic rings. The van der Waals surface area contributed by atoms with Crippen LogP contribution >= 0.6 is 11.3 Å². The number of rotatable bonds is 4. The minimum absolute atomic E-state index is 0.270. The van der Waals surface area contributed by atoms with Crippen LogP contribution in [0.3, 0.4) is 0 Å². The third-order valence-electron chi connectivity index (χ3n) is 1.24. The molecule has 0 aliphatic heterocycles. The Bertz CT molecular complexity index is 285. The third kappa shape index (κ3) is 3.89. The summed E-state index contributed by atoms with van der Waals surface area (Å²) in [5.74, 6) is 0.299. The highest BCUT2D eigenvalue weighted by molar-refractivity contribution is 7.09. The van der Waals surface area contributed by atoms with Gasteiger partial charge in [-0.25, -0.2) is 4.98 Å². The van der Waals surface area contributed by atoms with Crippen molar-refractivity contribution in [1.29, 1.82) is 0 Å². The highest BCUT2D eigenvalue weighted by Gasteiger charge is 1.98. The molecule has 0 aliphatic rings. The molecule has 0 N–H and O–H groups in total. The lowest BCUT2D eigenvalue weighted by atomic mass is 10.7. The van der Waals surface area contributed by atoms with Crippen LogP contribution in [0.2, 0.25) is 0 Å². The lowest BCUT2D eigenvalue weighted by Crippen LogP contribution is -2.09. The van der Waals surface area contributed by atoms with Crippen molar-refractivity contribution in [1.82, 2.24) is 4.98 Å². The van der Waals surface area contributed by atoms with Gasteiger partial charge in [0.2, 0.25) is 5.88 Å². The van der Waals surface area contributed by atoms with Gasteiger partial charge in [0.05, 0.1) is 10.4 Å². The van der Waals surface area contributed by atoms with Gasteiger partial charge in [0.15, 0.2) is 0 Å². The van der Waals surface area contributed by atoms with Crippen LogP contribution in [0, 0.1) is 6.92 Å². The molecule has 4 nitrogen and oxygen atoms in total. The number of hydrogen-bond donors (Lipinski definition) is 0. The van der Waals surface area contributed by atoms with E-state index >= 15 is 0 Å². The highest BCUT2D eigenvalue weighted by Crippen LogP contribution is 2.14. The van der Waals surface area contributed by atoms with Gasteiger partial charge in [-0.1, -0.05) is 0 Å². The van der Waals surface area contributed by atoms with Gasteiger partial charge >= 0.3 is 5.97 Å². The topological polar surface area (TPSA) is 48.4 Å². The zero-order chi connectivity index (χ0) is 9.68. The number of aromatic nitrogens is 1. The number of hydrogen-bond acceptors (Lipinski definition) is 5. The van der Waals surface area contributed by atoms with Crippen LogP contribution in [0.15, 0.2) is 5.38 Å². The van der Waals surface area contributed by atoms with E-state index in [2.05, 4.69) is 9.72 Å². The predicted molar refractivity (Wildman–Crippen MR) is 49.0 cm³/mol. The molecule has 0 spiro atoms. The summed E-state index contributed by atoms with van der Waals surface area (Å²) in [5, 5.41) is 2.78. The van der Waals surface area contributed by atoms with Gasteiger partial charge < -0.3 is 9.47 Å². The number of carbonyl (C=O) groups excluding carboxylic acids is 1. The largest absolute Gasteiger partial charge is 0.473 e. The molecule has 1 heterocycles. The SMILES string of the molecule is CC(=O)OCCOc1csc(C)n1. The van der Waals surface area contributed by atoms with Gasteiger partial charge in [0.25, 0.3) is 0 Å². The first-order valence-corrected chi connectivity index (χ1v) is 4.75. The lowest BCUT2D eigenvalue weighted by molar-refractivity contribution is -0.141. The van der Waals surface area contributed by atoms with E-state index in [1.807, 2.05) is 12.3 Å². The summed E-state index contributed by atoms with van der Waals surface area (Å²) < 4.78 is 9.88. The van der Waals surface area contributed by atoms with E-state index in [1.165, 1.54) is 18.3 Å². The molecule has 13 heavy (non-hydrogen) atoms. The average molecular weight is 201 g/mol. The second-order valence-electron chi connectivity index (χ2n) is 2.39. The predicted octanol–water partition coefficient (Wildman–Crippen LogP) is 1.39. The monoisotopic (exact) mass is 201 g/mol. The van der Waals surface area contributed by atoms with Crippen molar-refractivity contribution in [3.8, 4) is 5.88 Å². The molecule has 0 saturated carbocycles. The summed E-state index contributed by atoms with van der Waals surface area (Å²) in [5.41, 5.74) is 0. The molecule has 0 aliphatic carbocycles. The maximum absolute atomic E-state index is 10.4. The van der Waals surface area contributed by atoms with E-state index in [0.717, 1.165) is 5.01 Å². The highest BCUT2D eigenvalue weighted by atomic mass is 32.1. The van der Waals surface area contributed by atoms with Crippen molar-refractivity contribution >= 4 is 17.3 Å². The van der Waals surface area contributed by atoms with Crippen molar-refractivity contribution in [2.45, 2.75) is 13.8 Å². The Morgan fingerprint density at radius 3 is 2.92 bits per heavy atom. The number of esters is 1. The maximum Gasteiger partial charge on any atom is 0.302 e. The first kappa shape index (κ1) is 9.98. The van der Waals surface area contributed by atoms with Crippen LogP contribution in [0.25, 0.3) is 0 Å². The molecule has 0 atom stereocenters. The van der Waals surface area contributed by atoms with Crippen molar-refractivity contribution in [2.75, 3.05) is 13.2 Å². The second-order valence-corrected chi connectivity index (χ2v) is 3.46. The number of carbonyl (C=O) groups is 1. The maximum atomic E-state index is 10.4. The Morgan fingerprint density at radius 2 is 2.38 bits per heavy atom. The van der Waals surface area contributed by atoms with Crippen LogP contribution in [0.1, 0.15) is 11.9 Å². The molecule has 72 valence electrons. The smallest absolute Gasteiger partial charge is 0.302 e. The van der Waals surface area contributed by atoms with Crippen LogP contribution in [0.4, 0.5) is 0 Å². The molecule has 1 aromatic heterocycles. The fourth-order valence-electron chi connectivity index (χ4n) is 0.741. The molecule has 0 aromatic carbocycles. The molecule has 0 saturated heterocycles. The molecular weight excluding hydrogens is 190 g/mol. The first-order chi connectivity index (χ1) is 6.18. The van der Waals surface area contributed by atoms with E-state index < -0.39 is 0 Å². The normalized spacial score (nSPS) is 9.69. The van der Waals surface area contributed by atoms with Gasteiger partial charge in [0, 0.05) is 6.92 Å². The molecule has 0 fully saturated rings. The minimum atomic E-state index is -0.293. The molecule has 0 amide bonds. The lowest BCUT2D eigenvalue weighted by Gasteiger charge is -2.02. The second kappa shape index (κ2) is 4.81. The number of aryl methyl sites for hydroxylation is 1. The van der Waals surface area contributed by atoms with Crippen LogP contribution in [-0.2, 0) is 9.53 Å². The fourth-order valence-corrected chi connectivity index (χ4v) is 1.28. The van der Waals surface area contributed by atoms with E-state index in [4.69, 9.17) is 4.74 Å².